The zero-order valence-electron chi connectivity index (χ0n) is 13.6. The summed E-state index contributed by atoms with van der Waals surface area (Å²) in [7, 11) is 0. The summed E-state index contributed by atoms with van der Waals surface area (Å²) >= 11 is 0. The van der Waals surface area contributed by atoms with E-state index in [2.05, 4.69) is 27.1 Å². The van der Waals surface area contributed by atoms with Crippen molar-refractivity contribution in [3.05, 3.63) is 65.6 Å². The first-order valence-corrected chi connectivity index (χ1v) is 8.15. The Labute approximate surface area is 144 Å². The van der Waals surface area contributed by atoms with Crippen LogP contribution in [0, 0.1) is 0 Å². The molecule has 7 nitrogen and oxygen atoms in total. The number of rotatable bonds is 4. The van der Waals surface area contributed by atoms with Gasteiger partial charge in [-0.1, -0.05) is 30.3 Å². The van der Waals surface area contributed by atoms with Crippen molar-refractivity contribution in [1.29, 1.82) is 0 Å². The minimum atomic E-state index is -1.02. The molecule has 7 heteroatoms. The number of hydrogen-bond acceptors (Lipinski definition) is 5. The zero-order valence-corrected chi connectivity index (χ0v) is 13.6. The normalized spacial score (nSPS) is 18.5. The van der Waals surface area contributed by atoms with E-state index in [1.54, 1.807) is 6.20 Å². The first-order valence-electron chi connectivity index (χ1n) is 8.15. The molecular formula is C18H18N4O3. The van der Waals surface area contributed by atoms with Gasteiger partial charge in [-0.3, -0.25) is 4.90 Å². The van der Waals surface area contributed by atoms with Gasteiger partial charge in [0.1, 0.15) is 5.56 Å². The zero-order chi connectivity index (χ0) is 17.2. The molecule has 0 aliphatic carbocycles. The Kier molecular flexibility index (Phi) is 4.17. The van der Waals surface area contributed by atoms with E-state index < -0.39 is 5.97 Å². The van der Waals surface area contributed by atoms with Gasteiger partial charge in [-0.15, -0.1) is 0 Å². The summed E-state index contributed by atoms with van der Waals surface area (Å²) in [6, 6.07) is 10.2. The number of fused-ring (bicyclic) bond motifs is 1. The van der Waals surface area contributed by atoms with Crippen LogP contribution in [0.4, 0.5) is 0 Å². The molecule has 1 fully saturated rings. The number of ether oxygens (including phenoxy) is 1. The van der Waals surface area contributed by atoms with Gasteiger partial charge in [0.05, 0.1) is 18.9 Å². The molecule has 0 radical (unpaired) electrons. The van der Waals surface area contributed by atoms with Crippen molar-refractivity contribution in [3.63, 3.8) is 0 Å². The Morgan fingerprint density at radius 1 is 1.28 bits per heavy atom. The molecule has 2 aromatic heterocycles. The fraction of sp³-hybridized carbons (Fsp3) is 0.278. The molecule has 1 aliphatic heterocycles. The van der Waals surface area contributed by atoms with Crippen LogP contribution in [0.5, 0.6) is 0 Å². The van der Waals surface area contributed by atoms with Crippen molar-refractivity contribution in [1.82, 2.24) is 19.5 Å². The van der Waals surface area contributed by atoms with Gasteiger partial charge in [0.15, 0.2) is 5.65 Å². The van der Waals surface area contributed by atoms with E-state index in [0.29, 0.717) is 12.3 Å². The molecule has 0 saturated carbocycles. The molecule has 1 aromatic carbocycles. The lowest BCUT2D eigenvalue weighted by atomic mass is 10.1. The summed E-state index contributed by atoms with van der Waals surface area (Å²) in [4.78, 5) is 17.7. The second-order valence-electron chi connectivity index (χ2n) is 6.10. The van der Waals surface area contributed by atoms with Gasteiger partial charge in [0.2, 0.25) is 0 Å². The number of aromatic carboxylic acids is 1. The van der Waals surface area contributed by atoms with Crippen molar-refractivity contribution >= 4 is 11.6 Å². The minimum Gasteiger partial charge on any atom is -0.477 e. The van der Waals surface area contributed by atoms with E-state index in [4.69, 9.17) is 9.84 Å². The molecule has 3 heterocycles. The second kappa shape index (κ2) is 6.62. The highest BCUT2D eigenvalue weighted by atomic mass is 16.5. The summed E-state index contributed by atoms with van der Waals surface area (Å²) in [5.74, 6) is -1.02. The first kappa shape index (κ1) is 15.7. The smallest absolute Gasteiger partial charge is 0.341 e. The molecule has 0 spiro atoms. The van der Waals surface area contributed by atoms with E-state index in [-0.39, 0.29) is 11.7 Å². The Morgan fingerprint density at radius 2 is 2.12 bits per heavy atom. The molecular weight excluding hydrogens is 320 g/mol. The second-order valence-corrected chi connectivity index (χ2v) is 6.10. The number of morpholine rings is 1. The SMILES string of the molecule is O=C(O)c1cnn2cc(CN3CCOC(c4ccccc4)C3)cnc12. The highest BCUT2D eigenvalue weighted by molar-refractivity contribution is 5.93. The first-order chi connectivity index (χ1) is 12.2. The topological polar surface area (TPSA) is 80.0 Å². The standard InChI is InChI=1S/C18H18N4O3/c23-18(24)15-9-20-22-11-13(8-19-17(15)22)10-21-6-7-25-16(12-21)14-4-2-1-3-5-14/h1-5,8-9,11,16H,6-7,10,12H2,(H,23,24). The van der Waals surface area contributed by atoms with Gasteiger partial charge in [0, 0.05) is 37.6 Å². The van der Waals surface area contributed by atoms with Crippen molar-refractivity contribution in [2.45, 2.75) is 12.6 Å². The Hall–Kier alpha value is -2.77. The number of carboxylic acids is 1. The molecule has 1 saturated heterocycles. The lowest BCUT2D eigenvalue weighted by molar-refractivity contribution is -0.0329. The number of hydrogen-bond donors (Lipinski definition) is 1. The van der Waals surface area contributed by atoms with Crippen LogP contribution in [0.1, 0.15) is 27.6 Å². The fourth-order valence-electron chi connectivity index (χ4n) is 3.12. The molecule has 1 atom stereocenters. The molecule has 4 rings (SSSR count). The summed E-state index contributed by atoms with van der Waals surface area (Å²) in [6.07, 6.45) is 4.95. The molecule has 1 N–H and O–H groups in total. The van der Waals surface area contributed by atoms with Crippen LogP contribution in [0.25, 0.3) is 5.65 Å². The summed E-state index contributed by atoms with van der Waals surface area (Å²) < 4.78 is 7.41. The maximum Gasteiger partial charge on any atom is 0.341 e. The van der Waals surface area contributed by atoms with Crippen LogP contribution in [0.2, 0.25) is 0 Å². The summed E-state index contributed by atoms with van der Waals surface area (Å²) in [5, 5.41) is 13.2. The molecule has 128 valence electrons. The van der Waals surface area contributed by atoms with Gasteiger partial charge < -0.3 is 9.84 Å². The third kappa shape index (κ3) is 3.24. The maximum atomic E-state index is 11.1. The van der Waals surface area contributed by atoms with Gasteiger partial charge >= 0.3 is 5.97 Å². The van der Waals surface area contributed by atoms with E-state index in [0.717, 1.165) is 25.2 Å². The number of aromatic nitrogens is 3. The summed E-state index contributed by atoms with van der Waals surface area (Å²) in [5.41, 5.74) is 2.64. The Bertz CT molecular complexity index is 894. The quantitative estimate of drug-likeness (QED) is 0.784. The average molecular weight is 338 g/mol. The molecule has 25 heavy (non-hydrogen) atoms. The van der Waals surface area contributed by atoms with Crippen LogP contribution >= 0.6 is 0 Å². The third-order valence-corrected chi connectivity index (χ3v) is 4.37. The maximum absolute atomic E-state index is 11.1. The predicted molar refractivity (Wildman–Crippen MR) is 90.4 cm³/mol. The van der Waals surface area contributed by atoms with Crippen LogP contribution in [-0.2, 0) is 11.3 Å². The van der Waals surface area contributed by atoms with Crippen molar-refractivity contribution < 1.29 is 14.6 Å². The number of carbonyl (C=O) groups is 1. The van der Waals surface area contributed by atoms with E-state index in [9.17, 15) is 4.79 Å². The van der Waals surface area contributed by atoms with Gasteiger partial charge in [-0.2, -0.15) is 5.10 Å². The molecule has 3 aromatic rings. The van der Waals surface area contributed by atoms with Gasteiger partial charge in [-0.25, -0.2) is 14.3 Å². The minimum absolute atomic E-state index is 0.0648. The van der Waals surface area contributed by atoms with Crippen LogP contribution in [0.15, 0.2) is 48.9 Å². The van der Waals surface area contributed by atoms with E-state index in [1.807, 2.05) is 24.4 Å². The predicted octanol–water partition coefficient (Wildman–Crippen LogP) is 2.00. The average Bonchev–Trinajstić information content (AvgIpc) is 3.06. The fourth-order valence-corrected chi connectivity index (χ4v) is 3.12. The van der Waals surface area contributed by atoms with Crippen molar-refractivity contribution in [2.24, 2.45) is 0 Å². The highest BCUT2D eigenvalue weighted by Gasteiger charge is 2.22. The van der Waals surface area contributed by atoms with Crippen molar-refractivity contribution in [2.75, 3.05) is 19.7 Å². The van der Waals surface area contributed by atoms with E-state index in [1.165, 1.54) is 16.3 Å². The molecule has 0 amide bonds. The van der Waals surface area contributed by atoms with Gasteiger partial charge in [0.25, 0.3) is 0 Å². The number of benzene rings is 1. The molecule has 0 bridgehead atoms. The van der Waals surface area contributed by atoms with Gasteiger partial charge in [-0.05, 0) is 5.56 Å². The van der Waals surface area contributed by atoms with Crippen LogP contribution in [0.3, 0.4) is 0 Å². The van der Waals surface area contributed by atoms with E-state index >= 15 is 0 Å². The third-order valence-electron chi connectivity index (χ3n) is 4.37. The number of carboxylic acid groups (broad SMARTS) is 1. The monoisotopic (exact) mass is 338 g/mol. The largest absolute Gasteiger partial charge is 0.477 e. The molecule has 1 unspecified atom stereocenters. The lowest BCUT2D eigenvalue weighted by Gasteiger charge is -2.33. The van der Waals surface area contributed by atoms with Crippen LogP contribution < -0.4 is 0 Å². The molecule has 1 aliphatic rings. The summed E-state index contributed by atoms with van der Waals surface area (Å²) in [6.45, 7) is 3.06. The Morgan fingerprint density at radius 3 is 2.92 bits per heavy atom. The van der Waals surface area contributed by atoms with Crippen LogP contribution in [-0.4, -0.2) is 50.3 Å². The van der Waals surface area contributed by atoms with Crippen molar-refractivity contribution in [3.8, 4) is 0 Å². The Balaban J connectivity index is 1.50. The number of nitrogens with zero attached hydrogens (tertiary/aromatic N) is 4. The highest BCUT2D eigenvalue weighted by Crippen LogP contribution is 2.23. The lowest BCUT2D eigenvalue weighted by Crippen LogP contribution is -2.37.